The lowest BCUT2D eigenvalue weighted by molar-refractivity contribution is -0.198. The predicted octanol–water partition coefficient (Wildman–Crippen LogP) is 2.93. The van der Waals surface area contributed by atoms with Crippen LogP contribution >= 0.6 is 0 Å². The van der Waals surface area contributed by atoms with Gasteiger partial charge in [-0.05, 0) is 101 Å². The van der Waals surface area contributed by atoms with Crippen LogP contribution in [-0.2, 0) is 23.9 Å². The van der Waals surface area contributed by atoms with Gasteiger partial charge in [-0.3, -0.25) is 14.4 Å². The third-order valence-electron chi connectivity index (χ3n) is 14.2. The molecular formula is C39H65NO11. The first-order chi connectivity index (χ1) is 23.4. The molecule has 12 heteroatoms. The highest BCUT2D eigenvalue weighted by Crippen LogP contribution is 2.72. The number of ether oxygens (including phenoxy) is 2. The van der Waals surface area contributed by atoms with Crippen molar-refractivity contribution < 1.29 is 54.5 Å². The number of fused-ring (bicyclic) bond motifs is 4. The van der Waals surface area contributed by atoms with Crippen molar-refractivity contribution >= 4 is 17.8 Å². The number of methoxy groups -OCH3 is 1. The number of aliphatic hydroxyl groups excluding tert-OH is 4. The molecule has 0 aliphatic heterocycles. The van der Waals surface area contributed by atoms with Gasteiger partial charge in [-0.1, -0.05) is 45.8 Å². The Morgan fingerprint density at radius 1 is 0.961 bits per heavy atom. The highest BCUT2D eigenvalue weighted by atomic mass is 16.6. The molecule has 4 rings (SSSR count). The summed E-state index contributed by atoms with van der Waals surface area (Å²) in [5.74, 6) is -2.11. The van der Waals surface area contributed by atoms with E-state index in [1.807, 2.05) is 13.8 Å². The zero-order valence-corrected chi connectivity index (χ0v) is 32.3. The van der Waals surface area contributed by atoms with E-state index in [-0.39, 0.29) is 36.3 Å². The fraction of sp³-hybridized carbons (Fsp3) is 0.872. The third-order valence-corrected chi connectivity index (χ3v) is 14.2. The van der Waals surface area contributed by atoms with Gasteiger partial charge in [0.15, 0.2) is 0 Å². The van der Waals surface area contributed by atoms with E-state index >= 15 is 0 Å². The molecule has 0 aromatic heterocycles. The number of aliphatic hydroxyl groups is 6. The normalized spacial score (nSPS) is 36.9. The Hall–Kier alpha value is -2.09. The van der Waals surface area contributed by atoms with Gasteiger partial charge in [0, 0.05) is 17.4 Å². The molecule has 0 radical (unpaired) electrons. The first-order valence-corrected chi connectivity index (χ1v) is 18.7. The van der Waals surface area contributed by atoms with E-state index in [0.29, 0.717) is 25.7 Å². The molecule has 4 aliphatic carbocycles. The summed E-state index contributed by atoms with van der Waals surface area (Å²) in [5.41, 5.74) is -2.47. The van der Waals surface area contributed by atoms with E-state index in [1.165, 1.54) is 25.2 Å². The molecule has 11 atom stereocenters. The van der Waals surface area contributed by atoms with Crippen LogP contribution in [0.4, 0.5) is 0 Å². The maximum atomic E-state index is 13.2. The second-order valence-corrected chi connectivity index (χ2v) is 18.3. The number of esters is 2. The maximum absolute atomic E-state index is 13.2. The number of hydrogen-bond donors (Lipinski definition) is 7. The van der Waals surface area contributed by atoms with Crippen molar-refractivity contribution in [2.45, 2.75) is 155 Å². The molecule has 0 heterocycles. The van der Waals surface area contributed by atoms with E-state index < -0.39 is 82.6 Å². The second kappa shape index (κ2) is 14.6. The summed E-state index contributed by atoms with van der Waals surface area (Å²) in [5, 5.41) is 68.5. The smallest absolute Gasteiger partial charge is 0.325 e. The van der Waals surface area contributed by atoms with Crippen LogP contribution in [-0.4, -0.2) is 104 Å². The van der Waals surface area contributed by atoms with Crippen molar-refractivity contribution in [3.63, 3.8) is 0 Å². The molecule has 1 amide bonds. The number of hydrogen-bond acceptors (Lipinski definition) is 11. The van der Waals surface area contributed by atoms with Gasteiger partial charge in [-0.25, -0.2) is 0 Å². The molecule has 0 aromatic carbocycles. The number of nitrogens with one attached hydrogen (secondary N) is 1. The molecule has 2 fully saturated rings. The molecule has 2 unspecified atom stereocenters. The van der Waals surface area contributed by atoms with Crippen molar-refractivity contribution in [3.05, 3.63) is 11.1 Å². The number of carbonyl (C=O) groups excluding carboxylic acids is 3. The van der Waals surface area contributed by atoms with E-state index in [9.17, 15) is 45.0 Å². The summed E-state index contributed by atoms with van der Waals surface area (Å²) in [7, 11) is 1.19. The maximum Gasteiger partial charge on any atom is 0.325 e. The van der Waals surface area contributed by atoms with Crippen molar-refractivity contribution in [2.75, 3.05) is 20.3 Å². The topological polar surface area (TPSA) is 203 Å². The molecule has 2 saturated carbocycles. The summed E-state index contributed by atoms with van der Waals surface area (Å²) in [4.78, 5) is 36.9. The van der Waals surface area contributed by atoms with Gasteiger partial charge in [0.1, 0.15) is 12.6 Å². The number of carbonyl (C=O) groups is 3. The summed E-state index contributed by atoms with van der Waals surface area (Å²) >= 11 is 0. The van der Waals surface area contributed by atoms with Crippen LogP contribution in [0.2, 0.25) is 0 Å². The van der Waals surface area contributed by atoms with E-state index in [4.69, 9.17) is 4.74 Å². The summed E-state index contributed by atoms with van der Waals surface area (Å²) in [6, 6.07) is 0. The second-order valence-electron chi connectivity index (χ2n) is 18.3. The van der Waals surface area contributed by atoms with Gasteiger partial charge < -0.3 is 45.4 Å². The number of allylic oxidation sites excluding steroid dienone is 1. The molecule has 12 nitrogen and oxygen atoms in total. The molecule has 7 N–H and O–H groups in total. The Balaban J connectivity index is 1.53. The minimum Gasteiger partial charge on any atom is -0.468 e. The zero-order valence-electron chi connectivity index (χ0n) is 32.3. The minimum atomic E-state index is -1.75. The number of amides is 1. The number of rotatable bonds is 13. The molecular weight excluding hydrogens is 658 g/mol. The van der Waals surface area contributed by atoms with E-state index in [2.05, 4.69) is 30.8 Å². The summed E-state index contributed by atoms with van der Waals surface area (Å²) in [6.45, 7) is 14.7. The highest BCUT2D eigenvalue weighted by molar-refractivity contribution is 5.83. The first kappa shape index (κ1) is 41.7. The third kappa shape index (κ3) is 7.65. The van der Waals surface area contributed by atoms with Crippen molar-refractivity contribution in [1.29, 1.82) is 0 Å². The molecule has 0 aromatic rings. The van der Waals surface area contributed by atoms with Crippen LogP contribution in [0.25, 0.3) is 0 Å². The van der Waals surface area contributed by atoms with Crippen LogP contribution in [0.1, 0.15) is 120 Å². The van der Waals surface area contributed by atoms with Crippen LogP contribution in [0.15, 0.2) is 11.1 Å². The Labute approximate surface area is 303 Å². The molecule has 4 aliphatic rings. The molecule has 51 heavy (non-hydrogen) atoms. The molecule has 292 valence electrons. The first-order valence-electron chi connectivity index (χ1n) is 18.7. The minimum absolute atomic E-state index is 0.0143. The average Bonchev–Trinajstić information content (AvgIpc) is 3.30. The lowest BCUT2D eigenvalue weighted by atomic mass is 9.42. The Kier molecular flexibility index (Phi) is 11.9. The Morgan fingerprint density at radius 3 is 2.20 bits per heavy atom. The molecule has 0 spiro atoms. The van der Waals surface area contributed by atoms with Crippen molar-refractivity contribution in [3.8, 4) is 0 Å². The standard InChI is InChI=1S/C39H65NO11/c1-34(2)27-12-11-24-25(16-29(44)39(8)23(14-15-38(24,39)7)22(21-41)10-13-28(43)35(3,4)48)37(27,6)17-26(42)33(34)51-31(46)19-36(5,49)18-30(45)40-20-32(47)50-9/h22-23,26-29,33,41-44,48-49H,10-21H2,1-9H3,(H,40,45)/t22-,23+,26+,27-,28?,29-,33-,36?,37+,38-,39-/m0/s1. The van der Waals surface area contributed by atoms with Crippen LogP contribution in [0.5, 0.6) is 0 Å². The predicted molar refractivity (Wildman–Crippen MR) is 189 cm³/mol. The fourth-order valence-corrected chi connectivity index (χ4v) is 11.2. The van der Waals surface area contributed by atoms with Crippen molar-refractivity contribution in [2.24, 2.45) is 39.4 Å². The van der Waals surface area contributed by atoms with Gasteiger partial charge in [0.25, 0.3) is 0 Å². The van der Waals surface area contributed by atoms with Gasteiger partial charge in [-0.2, -0.15) is 0 Å². The fourth-order valence-electron chi connectivity index (χ4n) is 11.2. The van der Waals surface area contributed by atoms with Gasteiger partial charge >= 0.3 is 11.9 Å². The Bertz CT molecular complexity index is 1350. The van der Waals surface area contributed by atoms with Crippen LogP contribution in [0.3, 0.4) is 0 Å². The van der Waals surface area contributed by atoms with Gasteiger partial charge in [0.2, 0.25) is 5.91 Å². The zero-order chi connectivity index (χ0) is 38.5. The average molecular weight is 724 g/mol. The van der Waals surface area contributed by atoms with E-state index in [0.717, 1.165) is 25.7 Å². The quantitative estimate of drug-likeness (QED) is 0.109. The monoisotopic (exact) mass is 723 g/mol. The Morgan fingerprint density at radius 2 is 1.61 bits per heavy atom. The van der Waals surface area contributed by atoms with Crippen LogP contribution < -0.4 is 5.32 Å². The molecule has 0 saturated heterocycles. The lowest BCUT2D eigenvalue weighted by Crippen LogP contribution is -2.62. The summed E-state index contributed by atoms with van der Waals surface area (Å²) < 4.78 is 10.4. The SMILES string of the molecule is COC(=O)CNC(=O)CC(C)(O)CC(=O)O[C@H]1[C@H](O)C[C@]2(C)C3=C(CC[C@H]2C1(C)C)[C@]1(C)CC[C@H]([C@H](CO)CCC(O)C(C)(C)O)[C@@]1(C)[C@@H](O)C3. The van der Waals surface area contributed by atoms with Crippen LogP contribution in [0, 0.1) is 39.4 Å². The summed E-state index contributed by atoms with van der Waals surface area (Å²) in [6.07, 6.45) is 0.551. The lowest BCUT2D eigenvalue weighted by Gasteiger charge is -2.64. The van der Waals surface area contributed by atoms with E-state index in [1.54, 1.807) is 13.8 Å². The highest BCUT2D eigenvalue weighted by Gasteiger charge is 2.67. The van der Waals surface area contributed by atoms with Crippen molar-refractivity contribution in [1.82, 2.24) is 5.32 Å². The van der Waals surface area contributed by atoms with Gasteiger partial charge in [-0.15, -0.1) is 0 Å². The molecule has 0 bridgehead atoms. The largest absolute Gasteiger partial charge is 0.468 e. The van der Waals surface area contributed by atoms with Gasteiger partial charge in [0.05, 0.1) is 49.5 Å².